The van der Waals surface area contributed by atoms with Crippen LogP contribution < -0.4 is 0 Å². The summed E-state index contributed by atoms with van der Waals surface area (Å²) in [5.41, 5.74) is 1.23. The van der Waals surface area contributed by atoms with E-state index in [1.165, 1.54) is 18.7 Å². The number of piperidine rings is 1. The Hall–Kier alpha value is -2.77. The highest BCUT2D eigenvalue weighted by atomic mass is 16.2. The molecule has 3 aromatic rings. The van der Waals surface area contributed by atoms with Crippen molar-refractivity contribution in [2.75, 3.05) is 13.1 Å². The summed E-state index contributed by atoms with van der Waals surface area (Å²) in [5, 5.41) is 11.4. The SMILES string of the molecule is O=C(c1ccn2nnnc2c1)N1CCC(c2nccn2CC2CC2)CC1. The van der Waals surface area contributed by atoms with Crippen molar-refractivity contribution >= 4 is 11.6 Å². The van der Waals surface area contributed by atoms with Gasteiger partial charge in [-0.2, -0.15) is 0 Å². The van der Waals surface area contributed by atoms with Crippen molar-refractivity contribution in [3.05, 3.63) is 42.1 Å². The summed E-state index contributed by atoms with van der Waals surface area (Å²) in [6.45, 7) is 2.62. The maximum Gasteiger partial charge on any atom is 0.254 e. The third kappa shape index (κ3) is 2.85. The molecule has 26 heavy (non-hydrogen) atoms. The van der Waals surface area contributed by atoms with Crippen molar-refractivity contribution in [3.8, 4) is 0 Å². The number of rotatable bonds is 4. The second-order valence-corrected chi connectivity index (χ2v) is 7.34. The molecule has 1 saturated carbocycles. The van der Waals surface area contributed by atoms with Crippen molar-refractivity contribution < 1.29 is 4.79 Å². The standard InChI is InChI=1S/C18H21N7O/c26-18(15-5-9-25-16(11-15)20-21-22-25)23-7-3-14(4-8-23)17-19-6-10-24(17)12-13-1-2-13/h5-6,9-11,13-14H,1-4,7-8,12H2. The molecule has 8 heteroatoms. The summed E-state index contributed by atoms with van der Waals surface area (Å²) in [6, 6.07) is 3.52. The highest BCUT2D eigenvalue weighted by Gasteiger charge is 2.29. The smallest absolute Gasteiger partial charge is 0.254 e. The minimum Gasteiger partial charge on any atom is -0.339 e. The second kappa shape index (κ2) is 6.19. The maximum atomic E-state index is 12.8. The van der Waals surface area contributed by atoms with Crippen LogP contribution in [-0.2, 0) is 6.54 Å². The largest absolute Gasteiger partial charge is 0.339 e. The van der Waals surface area contributed by atoms with Gasteiger partial charge in [0.1, 0.15) is 5.82 Å². The zero-order valence-electron chi connectivity index (χ0n) is 14.5. The van der Waals surface area contributed by atoms with Gasteiger partial charge >= 0.3 is 0 Å². The number of hydrogen-bond acceptors (Lipinski definition) is 5. The zero-order chi connectivity index (χ0) is 17.5. The van der Waals surface area contributed by atoms with Crippen molar-refractivity contribution in [2.24, 2.45) is 5.92 Å². The Morgan fingerprint density at radius 1 is 1.15 bits per heavy atom. The van der Waals surface area contributed by atoms with Gasteiger partial charge in [-0.15, -0.1) is 5.10 Å². The quantitative estimate of drug-likeness (QED) is 0.715. The molecule has 1 saturated heterocycles. The number of hydrogen-bond donors (Lipinski definition) is 0. The average molecular weight is 351 g/mol. The van der Waals surface area contributed by atoms with Gasteiger partial charge in [0, 0.05) is 49.7 Å². The number of imidazole rings is 1. The molecule has 8 nitrogen and oxygen atoms in total. The molecule has 0 unspecified atom stereocenters. The molecular formula is C18H21N7O. The lowest BCUT2D eigenvalue weighted by molar-refractivity contribution is 0.0710. The summed E-state index contributed by atoms with van der Waals surface area (Å²) >= 11 is 0. The van der Waals surface area contributed by atoms with Gasteiger partial charge in [-0.3, -0.25) is 4.79 Å². The van der Waals surface area contributed by atoms with Crippen molar-refractivity contribution in [1.29, 1.82) is 0 Å². The van der Waals surface area contributed by atoms with E-state index < -0.39 is 0 Å². The lowest BCUT2D eigenvalue weighted by atomic mass is 9.95. The van der Waals surface area contributed by atoms with E-state index in [1.807, 2.05) is 11.1 Å². The van der Waals surface area contributed by atoms with Crippen LogP contribution in [0, 0.1) is 5.92 Å². The summed E-state index contributed by atoms with van der Waals surface area (Å²) in [5.74, 6) is 2.53. The molecule has 0 spiro atoms. The number of amides is 1. The molecular weight excluding hydrogens is 330 g/mol. The third-order valence-corrected chi connectivity index (χ3v) is 5.49. The van der Waals surface area contributed by atoms with Crippen LogP contribution in [0.3, 0.4) is 0 Å². The topological polar surface area (TPSA) is 81.2 Å². The molecule has 4 heterocycles. The molecule has 1 aliphatic carbocycles. The van der Waals surface area contributed by atoms with Crippen LogP contribution >= 0.6 is 0 Å². The molecule has 134 valence electrons. The van der Waals surface area contributed by atoms with Gasteiger partial charge in [0.05, 0.1) is 0 Å². The number of fused-ring (bicyclic) bond motifs is 1. The summed E-state index contributed by atoms with van der Waals surface area (Å²) in [4.78, 5) is 19.3. The monoisotopic (exact) mass is 351 g/mol. The molecule has 1 amide bonds. The van der Waals surface area contributed by atoms with E-state index in [9.17, 15) is 4.79 Å². The second-order valence-electron chi connectivity index (χ2n) is 7.34. The predicted octanol–water partition coefficient (Wildman–Crippen LogP) is 1.75. The van der Waals surface area contributed by atoms with Crippen LogP contribution in [0.5, 0.6) is 0 Å². The summed E-state index contributed by atoms with van der Waals surface area (Å²) in [6.07, 6.45) is 10.4. The van der Waals surface area contributed by atoms with Crippen LogP contribution in [0.2, 0.25) is 0 Å². The van der Waals surface area contributed by atoms with E-state index in [1.54, 1.807) is 22.8 Å². The average Bonchev–Trinajstić information content (AvgIpc) is 3.17. The first kappa shape index (κ1) is 15.5. The number of likely N-dealkylation sites (tertiary alicyclic amines) is 1. The first-order valence-electron chi connectivity index (χ1n) is 9.26. The minimum atomic E-state index is 0.0512. The van der Waals surface area contributed by atoms with Gasteiger partial charge in [-0.1, -0.05) is 0 Å². The molecule has 3 aromatic heterocycles. The van der Waals surface area contributed by atoms with Crippen LogP contribution in [0.4, 0.5) is 0 Å². The molecule has 0 atom stereocenters. The van der Waals surface area contributed by atoms with E-state index >= 15 is 0 Å². The molecule has 2 aliphatic rings. The molecule has 0 bridgehead atoms. The Morgan fingerprint density at radius 3 is 2.81 bits per heavy atom. The number of tetrazole rings is 1. The van der Waals surface area contributed by atoms with E-state index in [-0.39, 0.29) is 5.91 Å². The Labute approximate surface area is 150 Å². The van der Waals surface area contributed by atoms with Crippen molar-refractivity contribution in [1.82, 2.24) is 34.5 Å². The van der Waals surface area contributed by atoms with Crippen LogP contribution in [-0.4, -0.2) is 53.5 Å². The van der Waals surface area contributed by atoms with Crippen LogP contribution in [0.1, 0.15) is 47.8 Å². The van der Waals surface area contributed by atoms with E-state index in [2.05, 4.69) is 31.3 Å². The van der Waals surface area contributed by atoms with Gasteiger partial charge in [0.2, 0.25) is 0 Å². The van der Waals surface area contributed by atoms with E-state index in [4.69, 9.17) is 0 Å². The number of pyridine rings is 1. The fraction of sp³-hybridized carbons (Fsp3) is 0.500. The van der Waals surface area contributed by atoms with Gasteiger partial charge in [0.25, 0.3) is 5.91 Å². The van der Waals surface area contributed by atoms with Gasteiger partial charge in [-0.25, -0.2) is 9.50 Å². The van der Waals surface area contributed by atoms with E-state index in [0.717, 1.165) is 38.4 Å². The maximum absolute atomic E-state index is 12.8. The third-order valence-electron chi connectivity index (χ3n) is 5.49. The lowest BCUT2D eigenvalue weighted by Gasteiger charge is -2.32. The zero-order valence-corrected chi connectivity index (χ0v) is 14.5. The lowest BCUT2D eigenvalue weighted by Crippen LogP contribution is -2.38. The molecule has 0 radical (unpaired) electrons. The fourth-order valence-corrected chi connectivity index (χ4v) is 3.81. The van der Waals surface area contributed by atoms with Crippen LogP contribution in [0.15, 0.2) is 30.7 Å². The minimum absolute atomic E-state index is 0.0512. The fourth-order valence-electron chi connectivity index (χ4n) is 3.81. The normalized spacial score (nSPS) is 18.5. The number of carbonyl (C=O) groups excluding carboxylic acids is 1. The van der Waals surface area contributed by atoms with Gasteiger partial charge in [-0.05, 0) is 54.2 Å². The van der Waals surface area contributed by atoms with Gasteiger partial charge < -0.3 is 9.47 Å². The molecule has 1 aliphatic heterocycles. The molecule has 5 rings (SSSR count). The van der Waals surface area contributed by atoms with E-state index in [0.29, 0.717) is 17.1 Å². The molecule has 0 N–H and O–H groups in total. The Bertz CT molecular complexity index is 934. The first-order chi connectivity index (χ1) is 12.8. The predicted molar refractivity (Wildman–Crippen MR) is 93.6 cm³/mol. The summed E-state index contributed by atoms with van der Waals surface area (Å²) < 4.78 is 3.88. The highest BCUT2D eigenvalue weighted by Crippen LogP contribution is 2.33. The number of carbonyl (C=O) groups is 1. The number of nitrogens with zero attached hydrogens (tertiary/aromatic N) is 7. The Balaban J connectivity index is 1.26. The van der Waals surface area contributed by atoms with Crippen molar-refractivity contribution in [2.45, 2.75) is 38.1 Å². The van der Waals surface area contributed by atoms with Gasteiger partial charge in [0.15, 0.2) is 5.65 Å². The molecule has 0 aromatic carbocycles. The number of aromatic nitrogens is 6. The van der Waals surface area contributed by atoms with Crippen molar-refractivity contribution in [3.63, 3.8) is 0 Å². The Morgan fingerprint density at radius 2 is 2.00 bits per heavy atom. The molecule has 2 fully saturated rings. The first-order valence-corrected chi connectivity index (χ1v) is 9.26. The highest BCUT2D eigenvalue weighted by molar-refractivity contribution is 5.95. The van der Waals surface area contributed by atoms with Crippen LogP contribution in [0.25, 0.3) is 5.65 Å². The Kier molecular flexibility index (Phi) is 3.69. The summed E-state index contributed by atoms with van der Waals surface area (Å²) in [7, 11) is 0.